The van der Waals surface area contributed by atoms with Crippen LogP contribution in [0.3, 0.4) is 0 Å². The second-order valence-corrected chi connectivity index (χ2v) is 21.0. The smallest absolute Gasteiger partial charge is 0.187 e. The molecule has 5 aliphatic heterocycles. The first kappa shape index (κ1) is 70.0. The Morgan fingerprint density at radius 2 is 0.704 bits per heavy atom. The molecule has 0 bridgehead atoms. The first-order valence-electron chi connectivity index (χ1n) is 28.1. The number of nitrogens with zero attached hydrogens (tertiary/aromatic N) is 3. The zero-order valence-electron chi connectivity index (χ0n) is 47.9. The number of aliphatic hydroxyl groups excluding tert-OH is 9. The minimum atomic E-state index is -1.40. The van der Waals surface area contributed by atoms with E-state index < -0.39 is 192 Å². The molecule has 29 heteroatoms. The van der Waals surface area contributed by atoms with E-state index in [1.807, 2.05) is 0 Å². The van der Waals surface area contributed by atoms with Crippen LogP contribution in [0.4, 0.5) is 0 Å². The molecule has 0 radical (unpaired) electrons. The quantitative estimate of drug-likeness (QED) is 0.0141. The molecular weight excluding hydrogens is 1080 g/mol. The monoisotopic (exact) mass is 1180 g/mol. The molecule has 9 N–H and O–H groups in total. The fourth-order valence-corrected chi connectivity index (χ4v) is 12.3. The summed E-state index contributed by atoms with van der Waals surface area (Å²) < 4.78 is 108. The first-order valence-corrected chi connectivity index (χ1v) is 28.1. The molecule has 0 aliphatic carbocycles. The summed E-state index contributed by atoms with van der Waals surface area (Å²) in [5, 5.41) is 99.7. The second kappa shape index (κ2) is 37.1. The van der Waals surface area contributed by atoms with Crippen molar-refractivity contribution in [3.05, 3.63) is 10.4 Å². The van der Waals surface area contributed by atoms with Gasteiger partial charge in [-0.05, 0) is 31.2 Å². The fourth-order valence-electron chi connectivity index (χ4n) is 12.3. The lowest BCUT2D eigenvalue weighted by atomic mass is 9.80. The van der Waals surface area contributed by atoms with Gasteiger partial charge in [0.05, 0.1) is 88.5 Å². The minimum absolute atomic E-state index is 0.0663. The van der Waals surface area contributed by atoms with Gasteiger partial charge in [-0.3, -0.25) is 0 Å². The average molecular weight is 1180 g/mol. The molecule has 0 saturated carbocycles. The number of aliphatic hydroxyl groups is 9. The van der Waals surface area contributed by atoms with Crippen LogP contribution in [0.25, 0.3) is 10.4 Å². The van der Waals surface area contributed by atoms with Gasteiger partial charge < -0.3 is 126 Å². The largest absolute Gasteiger partial charge is 0.396 e. The van der Waals surface area contributed by atoms with Crippen molar-refractivity contribution in [3.8, 4) is 0 Å². The Bertz CT molecular complexity index is 1740. The minimum Gasteiger partial charge on any atom is -0.396 e. The molecule has 5 aliphatic rings. The van der Waals surface area contributed by atoms with Crippen LogP contribution in [-0.4, -0.2) is 299 Å². The molecule has 0 aromatic heterocycles. The molecule has 5 saturated heterocycles. The molecule has 0 spiro atoms. The molecule has 29 nitrogen and oxygen atoms in total. The standard InChI is InChI=1S/C52H95N3O26/c1-65-25-37-32(22-62)40(78-49-43(68-4)30(20-60)28(18-58)36(74-49)13-16-57)45(69-5)50(75-37)79-41-33(23-63)38(26-66-2)76-51(46(41)70-6)80-42-34(24-64)39(27-67-3)77-52(47(42)71-7)81-44-31(21-61)29(19-59)35(12-15-56)73-48(44)72-17-11-9-8-10-14-54-55-53/h28-52,56-64H,8-27H2,1-7H3/t28-,29-,30-,31-,32+,33+,34+,35?,36?,37?,38?,39?,40-,41-,42-,43?,44?,45?,46?,47?,48-,49+,50+,51+,52+/m0/s1. The van der Waals surface area contributed by atoms with Crippen LogP contribution in [0.1, 0.15) is 38.5 Å². The van der Waals surface area contributed by atoms with Crippen LogP contribution < -0.4 is 0 Å². The summed E-state index contributed by atoms with van der Waals surface area (Å²) in [4.78, 5) is 2.80. The summed E-state index contributed by atoms with van der Waals surface area (Å²) in [6.45, 7) is -3.47. The molecule has 474 valence electrons. The predicted octanol–water partition coefficient (Wildman–Crippen LogP) is -1.94. The van der Waals surface area contributed by atoms with Gasteiger partial charge in [0.2, 0.25) is 0 Å². The fraction of sp³-hybridized carbons (Fsp3) is 1.00. The lowest BCUT2D eigenvalue weighted by Gasteiger charge is -2.53. The average Bonchev–Trinajstić information content (AvgIpc) is 3.47. The molecular formula is C52H95N3O26. The Kier molecular flexibility index (Phi) is 32.1. The molecule has 81 heavy (non-hydrogen) atoms. The predicted molar refractivity (Wildman–Crippen MR) is 277 cm³/mol. The van der Waals surface area contributed by atoms with E-state index in [0.717, 1.165) is 12.8 Å². The number of hydrogen-bond donors (Lipinski definition) is 9. The van der Waals surface area contributed by atoms with Gasteiger partial charge in [-0.1, -0.05) is 18.0 Å². The van der Waals surface area contributed by atoms with E-state index in [1.54, 1.807) is 0 Å². The number of azide groups is 1. The van der Waals surface area contributed by atoms with Crippen LogP contribution in [0.2, 0.25) is 0 Å². The van der Waals surface area contributed by atoms with Crippen LogP contribution in [0.15, 0.2) is 5.11 Å². The van der Waals surface area contributed by atoms with Gasteiger partial charge in [0.15, 0.2) is 31.5 Å². The van der Waals surface area contributed by atoms with Crippen molar-refractivity contribution < 1.29 is 126 Å². The molecule has 0 amide bonds. The zero-order valence-corrected chi connectivity index (χ0v) is 47.9. The van der Waals surface area contributed by atoms with Gasteiger partial charge in [-0.2, -0.15) is 0 Å². The summed E-state index contributed by atoms with van der Waals surface area (Å²) in [6.07, 6.45) is -16.9. The molecule has 0 aromatic rings. The SMILES string of the molecule is COCC1O[C@H](O[C@@H]2C(OC)[C@@H](O[C@@H]3C(OC)[C@@H](OC4[C@@H](OCCCCCCN=[N+]=[N-])OC(CCO)[C@@H](CO)[C@@H]4CO)OC(COC)[C@H]3CO)OC(COC)[C@H]2CO)C(OC)[C@@H](O[C@H]2OC(CCO)[C@@H](CO)[C@H](CO)C2OC)[C@@H]1CO. The van der Waals surface area contributed by atoms with Crippen molar-refractivity contribution in [2.75, 3.05) is 142 Å². The second-order valence-electron chi connectivity index (χ2n) is 21.0. The zero-order chi connectivity index (χ0) is 59.0. The maximum Gasteiger partial charge on any atom is 0.187 e. The molecule has 5 rings (SSSR count). The maximum absolute atomic E-state index is 11.2. The Hall–Kier alpha value is -1.73. The first-order chi connectivity index (χ1) is 39.5. The molecule has 5 fully saturated rings. The van der Waals surface area contributed by atoms with Crippen molar-refractivity contribution in [1.82, 2.24) is 0 Å². The van der Waals surface area contributed by atoms with Crippen LogP contribution in [0, 0.1) is 41.4 Å². The lowest BCUT2D eigenvalue weighted by Crippen LogP contribution is -2.67. The summed E-state index contributed by atoms with van der Waals surface area (Å²) in [7, 11) is 9.93. The van der Waals surface area contributed by atoms with Crippen molar-refractivity contribution in [2.24, 2.45) is 46.5 Å². The molecule has 0 aromatic carbocycles. The third-order valence-electron chi connectivity index (χ3n) is 16.5. The van der Waals surface area contributed by atoms with E-state index in [1.165, 1.54) is 49.8 Å². The van der Waals surface area contributed by atoms with E-state index in [2.05, 4.69) is 10.0 Å². The number of unbranched alkanes of at least 4 members (excludes halogenated alkanes) is 3. The van der Waals surface area contributed by atoms with E-state index >= 15 is 0 Å². The van der Waals surface area contributed by atoms with E-state index in [9.17, 15) is 46.0 Å². The van der Waals surface area contributed by atoms with Crippen LogP contribution in [0.5, 0.6) is 0 Å². The summed E-state index contributed by atoms with van der Waals surface area (Å²) in [5.74, 6) is -5.50. The number of ether oxygens (including phenoxy) is 17. The topological polar surface area (TPSA) is 388 Å². The van der Waals surface area contributed by atoms with E-state index in [4.69, 9.17) is 86.1 Å². The Morgan fingerprint density at radius 1 is 0.370 bits per heavy atom. The Morgan fingerprint density at radius 3 is 1.05 bits per heavy atom. The third kappa shape index (κ3) is 17.5. The maximum atomic E-state index is 11.2. The van der Waals surface area contributed by atoms with E-state index in [-0.39, 0.29) is 59.1 Å². The van der Waals surface area contributed by atoms with Crippen molar-refractivity contribution in [1.29, 1.82) is 0 Å². The van der Waals surface area contributed by atoms with Gasteiger partial charge in [0, 0.05) is 149 Å². The van der Waals surface area contributed by atoms with Gasteiger partial charge in [-0.25, -0.2) is 0 Å². The number of rotatable bonds is 37. The van der Waals surface area contributed by atoms with Gasteiger partial charge in [0.25, 0.3) is 0 Å². The highest BCUT2D eigenvalue weighted by Crippen LogP contribution is 2.43. The normalized spacial score (nSPS) is 40.3. The van der Waals surface area contributed by atoms with Crippen LogP contribution >= 0.6 is 0 Å². The Balaban J connectivity index is 1.50. The third-order valence-corrected chi connectivity index (χ3v) is 16.5. The van der Waals surface area contributed by atoms with Gasteiger partial charge in [0.1, 0.15) is 30.5 Å². The molecule has 25 atom stereocenters. The summed E-state index contributed by atoms with van der Waals surface area (Å²) in [5.41, 5.74) is 8.64. The Labute approximate surface area is 474 Å². The van der Waals surface area contributed by atoms with Crippen LogP contribution in [-0.2, 0) is 80.5 Å². The number of hydrogen-bond acceptors (Lipinski definition) is 27. The van der Waals surface area contributed by atoms with Gasteiger partial charge in [-0.15, -0.1) is 0 Å². The highest BCUT2D eigenvalue weighted by atomic mass is 16.8. The summed E-state index contributed by atoms with van der Waals surface area (Å²) >= 11 is 0. The van der Waals surface area contributed by atoms with Gasteiger partial charge >= 0.3 is 0 Å². The lowest BCUT2D eigenvalue weighted by molar-refractivity contribution is -0.394. The number of methoxy groups -OCH3 is 7. The van der Waals surface area contributed by atoms with Crippen molar-refractivity contribution in [3.63, 3.8) is 0 Å². The highest BCUT2D eigenvalue weighted by molar-refractivity contribution is 5.00. The molecule has 5 heterocycles. The van der Waals surface area contributed by atoms with Crippen molar-refractivity contribution >= 4 is 0 Å². The summed E-state index contributed by atoms with van der Waals surface area (Å²) in [6, 6.07) is 0. The molecule has 10 unspecified atom stereocenters. The van der Waals surface area contributed by atoms with E-state index in [0.29, 0.717) is 19.4 Å². The highest BCUT2D eigenvalue weighted by Gasteiger charge is 2.58. The van der Waals surface area contributed by atoms with Crippen molar-refractivity contribution in [2.45, 2.75) is 149 Å².